The molecule has 0 saturated carbocycles. The number of hydrogen-bond acceptors (Lipinski definition) is 4. The Labute approximate surface area is 110 Å². The predicted molar refractivity (Wildman–Crippen MR) is 70.8 cm³/mol. The zero-order chi connectivity index (χ0) is 13.2. The third-order valence-corrected chi connectivity index (χ3v) is 3.57. The average molecular weight is 257 g/mol. The topological polar surface area (TPSA) is 39.7 Å². The summed E-state index contributed by atoms with van der Waals surface area (Å²) < 4.78 is 17.6. The maximum absolute atomic E-state index is 5.95. The van der Waals surface area contributed by atoms with E-state index in [0.717, 1.165) is 25.9 Å². The van der Waals surface area contributed by atoms with Gasteiger partial charge in [0.25, 0.3) is 0 Å². The van der Waals surface area contributed by atoms with Gasteiger partial charge in [0, 0.05) is 13.1 Å². The van der Waals surface area contributed by atoms with Crippen molar-refractivity contribution >= 4 is 0 Å². The van der Waals surface area contributed by atoms with Crippen LogP contribution in [-0.4, -0.2) is 49.7 Å². The molecule has 0 aromatic carbocycles. The smallest absolute Gasteiger partial charge is 0.0940 e. The van der Waals surface area contributed by atoms with Crippen molar-refractivity contribution in [1.29, 1.82) is 0 Å². The number of ether oxygens (including phenoxy) is 3. The predicted octanol–water partition coefficient (Wildman–Crippen LogP) is 1.73. The molecule has 0 aromatic rings. The first-order valence-corrected chi connectivity index (χ1v) is 7.00. The van der Waals surface area contributed by atoms with Gasteiger partial charge in [0.15, 0.2) is 0 Å². The van der Waals surface area contributed by atoms with Gasteiger partial charge in [0.05, 0.1) is 36.6 Å². The van der Waals surface area contributed by atoms with Crippen LogP contribution in [0.3, 0.4) is 0 Å². The summed E-state index contributed by atoms with van der Waals surface area (Å²) in [6.07, 6.45) is 2.63. The molecular formula is C14H27NO3. The molecule has 2 atom stereocenters. The van der Waals surface area contributed by atoms with E-state index in [2.05, 4.69) is 33.0 Å². The number of nitrogens with one attached hydrogen (secondary N) is 1. The van der Waals surface area contributed by atoms with E-state index in [1.807, 2.05) is 0 Å². The van der Waals surface area contributed by atoms with Crippen LogP contribution in [0.1, 0.15) is 40.5 Å². The highest BCUT2D eigenvalue weighted by Crippen LogP contribution is 2.29. The molecule has 2 aliphatic rings. The third kappa shape index (κ3) is 4.19. The second-order valence-electron chi connectivity index (χ2n) is 6.71. The fourth-order valence-corrected chi connectivity index (χ4v) is 2.69. The third-order valence-electron chi connectivity index (χ3n) is 3.57. The van der Waals surface area contributed by atoms with Crippen LogP contribution < -0.4 is 5.32 Å². The van der Waals surface area contributed by atoms with Gasteiger partial charge in [-0.3, -0.25) is 0 Å². The molecule has 106 valence electrons. The van der Waals surface area contributed by atoms with Gasteiger partial charge in [-0.05, 0) is 40.5 Å². The van der Waals surface area contributed by atoms with Crippen LogP contribution in [-0.2, 0) is 14.2 Å². The molecule has 1 N–H and O–H groups in total. The van der Waals surface area contributed by atoms with Gasteiger partial charge in [-0.15, -0.1) is 0 Å². The largest absolute Gasteiger partial charge is 0.376 e. The van der Waals surface area contributed by atoms with Crippen molar-refractivity contribution in [3.8, 4) is 0 Å². The first-order chi connectivity index (χ1) is 8.36. The Balaban J connectivity index is 1.64. The van der Waals surface area contributed by atoms with Crippen molar-refractivity contribution in [1.82, 2.24) is 5.32 Å². The van der Waals surface area contributed by atoms with Gasteiger partial charge in [0.2, 0.25) is 0 Å². The van der Waals surface area contributed by atoms with Crippen molar-refractivity contribution < 1.29 is 14.2 Å². The van der Waals surface area contributed by atoms with Crippen LogP contribution in [0.2, 0.25) is 0 Å². The van der Waals surface area contributed by atoms with Gasteiger partial charge in [-0.2, -0.15) is 0 Å². The molecule has 0 spiro atoms. The van der Waals surface area contributed by atoms with Crippen LogP contribution in [0.4, 0.5) is 0 Å². The highest BCUT2D eigenvalue weighted by molar-refractivity contribution is 4.82. The maximum Gasteiger partial charge on any atom is 0.0940 e. The van der Waals surface area contributed by atoms with Crippen LogP contribution in [0.5, 0.6) is 0 Å². The summed E-state index contributed by atoms with van der Waals surface area (Å²) in [6.45, 7) is 11.6. The summed E-state index contributed by atoms with van der Waals surface area (Å²) in [5, 5.41) is 3.38. The van der Waals surface area contributed by atoms with Crippen LogP contribution >= 0.6 is 0 Å². The molecule has 2 fully saturated rings. The number of hydrogen-bond donors (Lipinski definition) is 1. The lowest BCUT2D eigenvalue weighted by atomic mass is 10.1. The highest BCUT2D eigenvalue weighted by atomic mass is 16.6. The molecule has 2 unspecified atom stereocenters. The molecule has 0 aliphatic carbocycles. The molecule has 2 aliphatic heterocycles. The van der Waals surface area contributed by atoms with Crippen molar-refractivity contribution in [3.63, 3.8) is 0 Å². The van der Waals surface area contributed by atoms with E-state index in [0.29, 0.717) is 13.2 Å². The summed E-state index contributed by atoms with van der Waals surface area (Å²) in [5.74, 6) is 0. The minimum absolute atomic E-state index is 0.0267. The first-order valence-electron chi connectivity index (χ1n) is 7.00. The van der Waals surface area contributed by atoms with E-state index in [1.54, 1.807) is 0 Å². The summed E-state index contributed by atoms with van der Waals surface area (Å²) in [7, 11) is 0. The fourth-order valence-electron chi connectivity index (χ4n) is 2.69. The van der Waals surface area contributed by atoms with Gasteiger partial charge < -0.3 is 19.5 Å². The summed E-state index contributed by atoms with van der Waals surface area (Å²) >= 11 is 0. The van der Waals surface area contributed by atoms with Gasteiger partial charge >= 0.3 is 0 Å². The lowest BCUT2D eigenvalue weighted by Crippen LogP contribution is -2.52. The van der Waals surface area contributed by atoms with Crippen molar-refractivity contribution in [3.05, 3.63) is 0 Å². The zero-order valence-electron chi connectivity index (χ0n) is 12.1. The molecule has 4 nitrogen and oxygen atoms in total. The molecule has 2 rings (SSSR count). The standard InChI is InChI=1S/C14H27NO3/c1-13(2)6-5-11(17-13)8-16-9-12-7-15-10-14(3,4)18-12/h11-12,15H,5-10H2,1-4H3. The zero-order valence-corrected chi connectivity index (χ0v) is 12.1. The highest BCUT2D eigenvalue weighted by Gasteiger charge is 2.32. The minimum atomic E-state index is -0.0852. The van der Waals surface area contributed by atoms with Crippen molar-refractivity contribution in [2.75, 3.05) is 26.3 Å². The summed E-state index contributed by atoms with van der Waals surface area (Å²) in [5.41, 5.74) is -0.0585. The second-order valence-corrected chi connectivity index (χ2v) is 6.71. The van der Waals surface area contributed by atoms with Crippen LogP contribution in [0.25, 0.3) is 0 Å². The Morgan fingerprint density at radius 1 is 1.06 bits per heavy atom. The van der Waals surface area contributed by atoms with Crippen LogP contribution in [0.15, 0.2) is 0 Å². The van der Waals surface area contributed by atoms with E-state index in [9.17, 15) is 0 Å². The first kappa shape index (κ1) is 14.3. The molecule has 0 amide bonds. The minimum Gasteiger partial charge on any atom is -0.376 e. The van der Waals surface area contributed by atoms with E-state index in [1.165, 1.54) is 0 Å². The molecule has 0 aromatic heterocycles. The van der Waals surface area contributed by atoms with Gasteiger partial charge in [-0.25, -0.2) is 0 Å². The van der Waals surface area contributed by atoms with Gasteiger partial charge in [0.1, 0.15) is 0 Å². The molecular weight excluding hydrogens is 230 g/mol. The monoisotopic (exact) mass is 257 g/mol. The molecule has 0 bridgehead atoms. The SMILES string of the molecule is CC1(C)CCC(COCC2CNCC(C)(C)O2)O1. The second kappa shape index (κ2) is 5.45. The molecule has 2 heterocycles. The Hall–Kier alpha value is -0.160. The maximum atomic E-state index is 5.95. The summed E-state index contributed by atoms with van der Waals surface area (Å²) in [6, 6.07) is 0. The molecule has 4 heteroatoms. The lowest BCUT2D eigenvalue weighted by molar-refractivity contribution is -0.130. The Morgan fingerprint density at radius 2 is 1.72 bits per heavy atom. The Morgan fingerprint density at radius 3 is 2.33 bits per heavy atom. The quantitative estimate of drug-likeness (QED) is 0.832. The van der Waals surface area contributed by atoms with E-state index >= 15 is 0 Å². The molecule has 2 saturated heterocycles. The van der Waals surface area contributed by atoms with Crippen molar-refractivity contribution in [2.24, 2.45) is 0 Å². The molecule has 18 heavy (non-hydrogen) atoms. The van der Waals surface area contributed by atoms with Crippen molar-refractivity contribution in [2.45, 2.75) is 63.9 Å². The number of morpholine rings is 1. The lowest BCUT2D eigenvalue weighted by Gasteiger charge is -2.36. The normalized spacial score (nSPS) is 34.7. The Kier molecular flexibility index (Phi) is 4.32. The number of rotatable bonds is 4. The summed E-state index contributed by atoms with van der Waals surface area (Å²) in [4.78, 5) is 0. The van der Waals surface area contributed by atoms with E-state index < -0.39 is 0 Å². The average Bonchev–Trinajstić information content (AvgIpc) is 2.57. The fraction of sp³-hybridized carbons (Fsp3) is 1.00. The Bertz CT molecular complexity index is 278. The van der Waals surface area contributed by atoms with E-state index in [4.69, 9.17) is 14.2 Å². The van der Waals surface area contributed by atoms with Crippen LogP contribution in [0, 0.1) is 0 Å². The molecule has 0 radical (unpaired) electrons. The van der Waals surface area contributed by atoms with E-state index in [-0.39, 0.29) is 23.4 Å². The van der Waals surface area contributed by atoms with Gasteiger partial charge in [-0.1, -0.05) is 0 Å².